The summed E-state index contributed by atoms with van der Waals surface area (Å²) >= 11 is 0. The summed E-state index contributed by atoms with van der Waals surface area (Å²) in [6.07, 6.45) is 3.10. The number of carbonyl (C=O) groups is 2. The molecule has 0 radical (unpaired) electrons. The molecule has 1 aromatic carbocycles. The lowest BCUT2D eigenvalue weighted by Crippen LogP contribution is -2.59. The molecule has 1 aliphatic heterocycles. The van der Waals surface area contributed by atoms with Gasteiger partial charge in [0, 0.05) is 45.3 Å². The van der Waals surface area contributed by atoms with E-state index in [1.54, 1.807) is 9.58 Å². The van der Waals surface area contributed by atoms with E-state index in [1.807, 2.05) is 37.4 Å². The monoisotopic (exact) mass is 369 g/mol. The first-order chi connectivity index (χ1) is 13.0. The topological polar surface area (TPSA) is 84.5 Å². The zero-order chi connectivity index (χ0) is 19.2. The van der Waals surface area contributed by atoms with Gasteiger partial charge in [-0.1, -0.05) is 30.3 Å². The molecular weight excluding hydrogens is 342 g/mol. The van der Waals surface area contributed by atoms with Gasteiger partial charge in [0.05, 0.1) is 5.69 Å². The van der Waals surface area contributed by atoms with Crippen molar-refractivity contribution >= 4 is 11.8 Å². The minimum absolute atomic E-state index is 0.0390. The van der Waals surface area contributed by atoms with Crippen LogP contribution < -0.4 is 5.73 Å². The normalized spacial score (nSPS) is 17.8. The molecule has 7 heteroatoms. The van der Waals surface area contributed by atoms with Crippen LogP contribution in [0.1, 0.15) is 17.7 Å². The van der Waals surface area contributed by atoms with Gasteiger partial charge in [-0.2, -0.15) is 5.10 Å². The second-order valence-corrected chi connectivity index (χ2v) is 7.00. The number of aromatic nitrogens is 2. The highest BCUT2D eigenvalue weighted by Gasteiger charge is 2.32. The third-order valence-electron chi connectivity index (χ3n) is 5.03. The molecule has 2 amide bonds. The highest BCUT2D eigenvalue weighted by molar-refractivity contribution is 5.82. The number of piperazine rings is 1. The van der Waals surface area contributed by atoms with Gasteiger partial charge in [-0.15, -0.1) is 0 Å². The zero-order valence-corrected chi connectivity index (χ0v) is 15.8. The van der Waals surface area contributed by atoms with E-state index in [2.05, 4.69) is 22.1 Å². The average molecular weight is 369 g/mol. The van der Waals surface area contributed by atoms with E-state index >= 15 is 0 Å². The molecule has 1 aromatic heterocycles. The molecule has 1 saturated heterocycles. The standard InChI is InChI=1S/C20H27N5O2/c1-16-7-11-25(22-16)12-9-19(26)24-14-13-23(18(15-24)20(21)27)10-8-17-5-3-2-4-6-17/h2-7,11,18H,8-10,12-15H2,1H3,(H2,21,27). The number of benzene rings is 1. The Morgan fingerprint density at radius 2 is 1.93 bits per heavy atom. The second kappa shape index (κ2) is 8.81. The van der Waals surface area contributed by atoms with Crippen LogP contribution in [0.15, 0.2) is 42.6 Å². The predicted octanol–water partition coefficient (Wildman–Crippen LogP) is 0.822. The summed E-state index contributed by atoms with van der Waals surface area (Å²) in [5.41, 5.74) is 7.79. The van der Waals surface area contributed by atoms with Gasteiger partial charge >= 0.3 is 0 Å². The van der Waals surface area contributed by atoms with Gasteiger partial charge in [-0.05, 0) is 25.0 Å². The van der Waals surface area contributed by atoms with Gasteiger partial charge in [-0.3, -0.25) is 19.2 Å². The lowest BCUT2D eigenvalue weighted by molar-refractivity contribution is -0.137. The van der Waals surface area contributed by atoms with E-state index in [-0.39, 0.29) is 11.8 Å². The summed E-state index contributed by atoms with van der Waals surface area (Å²) in [7, 11) is 0. The average Bonchev–Trinajstić information content (AvgIpc) is 3.10. The SMILES string of the molecule is Cc1ccn(CCC(=O)N2CCN(CCc3ccccc3)C(C(N)=O)C2)n1. The van der Waals surface area contributed by atoms with Crippen molar-refractivity contribution in [2.24, 2.45) is 5.73 Å². The zero-order valence-electron chi connectivity index (χ0n) is 15.8. The molecule has 0 saturated carbocycles. The van der Waals surface area contributed by atoms with Crippen molar-refractivity contribution in [2.45, 2.75) is 32.4 Å². The van der Waals surface area contributed by atoms with E-state index in [0.29, 0.717) is 32.6 Å². The van der Waals surface area contributed by atoms with Crippen molar-refractivity contribution in [3.05, 3.63) is 53.9 Å². The molecular formula is C20H27N5O2. The van der Waals surface area contributed by atoms with Gasteiger partial charge in [-0.25, -0.2) is 0 Å². The molecule has 1 fully saturated rings. The summed E-state index contributed by atoms with van der Waals surface area (Å²) < 4.78 is 1.77. The number of primary amides is 1. The number of aryl methyl sites for hydroxylation is 2. The number of amides is 2. The smallest absolute Gasteiger partial charge is 0.236 e. The molecule has 1 atom stereocenters. The number of rotatable bonds is 7. The third-order valence-corrected chi connectivity index (χ3v) is 5.03. The van der Waals surface area contributed by atoms with Crippen LogP contribution in [0.5, 0.6) is 0 Å². The van der Waals surface area contributed by atoms with Crippen molar-refractivity contribution < 1.29 is 9.59 Å². The van der Waals surface area contributed by atoms with Crippen molar-refractivity contribution in [3.63, 3.8) is 0 Å². The van der Waals surface area contributed by atoms with E-state index in [4.69, 9.17) is 5.73 Å². The molecule has 0 aliphatic carbocycles. The third kappa shape index (κ3) is 5.17. The van der Waals surface area contributed by atoms with Crippen LogP contribution in [0.3, 0.4) is 0 Å². The maximum Gasteiger partial charge on any atom is 0.236 e. The fraction of sp³-hybridized carbons (Fsp3) is 0.450. The van der Waals surface area contributed by atoms with Crippen LogP contribution >= 0.6 is 0 Å². The Kier molecular flexibility index (Phi) is 6.24. The Morgan fingerprint density at radius 1 is 1.15 bits per heavy atom. The van der Waals surface area contributed by atoms with Crippen molar-refractivity contribution in [2.75, 3.05) is 26.2 Å². The van der Waals surface area contributed by atoms with Crippen molar-refractivity contribution in [1.82, 2.24) is 19.6 Å². The van der Waals surface area contributed by atoms with E-state index < -0.39 is 6.04 Å². The predicted molar refractivity (Wildman–Crippen MR) is 103 cm³/mol. The van der Waals surface area contributed by atoms with Crippen LogP contribution in [-0.2, 0) is 22.6 Å². The first-order valence-corrected chi connectivity index (χ1v) is 9.38. The molecule has 0 bridgehead atoms. The maximum absolute atomic E-state index is 12.5. The summed E-state index contributed by atoms with van der Waals surface area (Å²) in [5, 5.41) is 4.30. The van der Waals surface area contributed by atoms with Crippen LogP contribution in [0.4, 0.5) is 0 Å². The first kappa shape index (κ1) is 19.1. The Labute approximate surface area is 159 Å². The lowest BCUT2D eigenvalue weighted by atomic mass is 10.1. The van der Waals surface area contributed by atoms with E-state index in [1.165, 1.54) is 5.56 Å². The molecule has 0 spiro atoms. The van der Waals surface area contributed by atoms with Crippen LogP contribution in [0.25, 0.3) is 0 Å². The molecule has 1 aliphatic rings. The van der Waals surface area contributed by atoms with Gasteiger partial charge < -0.3 is 10.6 Å². The first-order valence-electron chi connectivity index (χ1n) is 9.38. The van der Waals surface area contributed by atoms with E-state index in [9.17, 15) is 9.59 Å². The summed E-state index contributed by atoms with van der Waals surface area (Å²) in [4.78, 5) is 28.3. The van der Waals surface area contributed by atoms with Gasteiger partial charge in [0.2, 0.25) is 11.8 Å². The summed E-state index contributed by atoms with van der Waals surface area (Å²) in [5.74, 6) is -0.333. The Bertz CT molecular complexity index is 774. The van der Waals surface area contributed by atoms with Crippen LogP contribution in [0.2, 0.25) is 0 Å². The van der Waals surface area contributed by atoms with Gasteiger partial charge in [0.15, 0.2) is 0 Å². The molecule has 2 aromatic rings. The highest BCUT2D eigenvalue weighted by Crippen LogP contribution is 2.13. The molecule has 2 N–H and O–H groups in total. The van der Waals surface area contributed by atoms with Crippen molar-refractivity contribution in [1.29, 1.82) is 0 Å². The quantitative estimate of drug-likeness (QED) is 0.783. The van der Waals surface area contributed by atoms with E-state index in [0.717, 1.165) is 18.7 Å². The molecule has 144 valence electrons. The number of nitrogens with zero attached hydrogens (tertiary/aromatic N) is 4. The van der Waals surface area contributed by atoms with Crippen molar-refractivity contribution in [3.8, 4) is 0 Å². The van der Waals surface area contributed by atoms with Gasteiger partial charge in [0.1, 0.15) is 6.04 Å². The summed E-state index contributed by atoms with van der Waals surface area (Å²) in [6, 6.07) is 11.7. The molecule has 1 unspecified atom stereocenters. The van der Waals surface area contributed by atoms with Crippen LogP contribution in [-0.4, -0.2) is 63.6 Å². The maximum atomic E-state index is 12.5. The lowest BCUT2D eigenvalue weighted by Gasteiger charge is -2.40. The van der Waals surface area contributed by atoms with Gasteiger partial charge in [0.25, 0.3) is 0 Å². The Morgan fingerprint density at radius 3 is 2.59 bits per heavy atom. The molecule has 3 rings (SSSR count). The number of carbonyl (C=O) groups excluding carboxylic acids is 2. The Balaban J connectivity index is 1.53. The minimum atomic E-state index is -0.432. The largest absolute Gasteiger partial charge is 0.368 e. The molecule has 27 heavy (non-hydrogen) atoms. The van der Waals surface area contributed by atoms with Crippen LogP contribution in [0, 0.1) is 6.92 Å². The number of hydrogen-bond acceptors (Lipinski definition) is 4. The highest BCUT2D eigenvalue weighted by atomic mass is 16.2. The minimum Gasteiger partial charge on any atom is -0.368 e. The second-order valence-electron chi connectivity index (χ2n) is 7.00. The molecule has 7 nitrogen and oxygen atoms in total. The fourth-order valence-electron chi connectivity index (χ4n) is 3.46. The number of hydrogen-bond donors (Lipinski definition) is 1. The number of nitrogens with two attached hydrogens (primary N) is 1. The summed E-state index contributed by atoms with van der Waals surface area (Å²) in [6.45, 7) is 4.86. The Hall–Kier alpha value is -2.67. The molecule has 2 heterocycles. The fourth-order valence-corrected chi connectivity index (χ4v) is 3.46.